The molecule has 0 fully saturated rings. The van der Waals surface area contributed by atoms with Gasteiger partial charge < -0.3 is 11.1 Å². The van der Waals surface area contributed by atoms with E-state index in [2.05, 4.69) is 10.4 Å². The van der Waals surface area contributed by atoms with E-state index in [-0.39, 0.29) is 5.82 Å². The topological polar surface area (TPSA) is 55.9 Å². The smallest absolute Gasteiger partial charge is 0.152 e. The molecule has 4 nitrogen and oxygen atoms in total. The summed E-state index contributed by atoms with van der Waals surface area (Å²) >= 11 is 0. The van der Waals surface area contributed by atoms with Crippen LogP contribution in [-0.4, -0.2) is 9.78 Å². The summed E-state index contributed by atoms with van der Waals surface area (Å²) in [5.41, 5.74) is 7.60. The minimum absolute atomic E-state index is 0.312. The summed E-state index contributed by atoms with van der Waals surface area (Å²) in [7, 11) is 0. The molecule has 0 spiro atoms. The Morgan fingerprint density at radius 3 is 2.76 bits per heavy atom. The Morgan fingerprint density at radius 2 is 2.12 bits per heavy atom. The maximum atomic E-state index is 13.5. The minimum atomic E-state index is -0.312. The van der Waals surface area contributed by atoms with E-state index in [1.54, 1.807) is 22.9 Å². The molecule has 2 aromatic rings. The average Bonchev–Trinajstić information content (AvgIpc) is 2.59. The molecule has 0 unspecified atom stereocenters. The number of hydrogen-bond acceptors (Lipinski definition) is 3. The molecule has 0 aliphatic rings. The lowest BCUT2D eigenvalue weighted by Crippen LogP contribution is -2.05. The molecule has 2 rings (SSSR count). The maximum Gasteiger partial charge on any atom is 0.152 e. The van der Waals surface area contributed by atoms with Crippen LogP contribution >= 0.6 is 0 Å². The molecular formula is C12H15FN4. The summed E-state index contributed by atoms with van der Waals surface area (Å²) in [6.45, 7) is 4.46. The van der Waals surface area contributed by atoms with Crippen molar-refractivity contribution in [3.63, 3.8) is 0 Å². The van der Waals surface area contributed by atoms with Crippen LogP contribution in [0.25, 0.3) is 0 Å². The van der Waals surface area contributed by atoms with Crippen LogP contribution in [0.1, 0.15) is 12.6 Å². The van der Waals surface area contributed by atoms with Gasteiger partial charge >= 0.3 is 0 Å². The quantitative estimate of drug-likeness (QED) is 0.858. The van der Waals surface area contributed by atoms with Crippen molar-refractivity contribution < 1.29 is 4.39 Å². The van der Waals surface area contributed by atoms with Crippen molar-refractivity contribution in [2.75, 3.05) is 11.1 Å². The van der Waals surface area contributed by atoms with Gasteiger partial charge in [0, 0.05) is 6.54 Å². The molecule has 17 heavy (non-hydrogen) atoms. The normalized spacial score (nSPS) is 10.5. The van der Waals surface area contributed by atoms with Gasteiger partial charge in [0.05, 0.1) is 17.1 Å². The fraction of sp³-hybridized carbons (Fsp3) is 0.250. The lowest BCUT2D eigenvalue weighted by atomic mass is 10.3. The molecule has 5 heteroatoms. The molecular weight excluding hydrogens is 219 g/mol. The molecule has 0 atom stereocenters. The lowest BCUT2D eigenvalue weighted by Gasteiger charge is -2.09. The van der Waals surface area contributed by atoms with Crippen LogP contribution in [0.15, 0.2) is 24.3 Å². The van der Waals surface area contributed by atoms with Crippen molar-refractivity contribution in [1.82, 2.24) is 9.78 Å². The van der Waals surface area contributed by atoms with Crippen molar-refractivity contribution >= 4 is 17.2 Å². The van der Waals surface area contributed by atoms with Gasteiger partial charge in [0.2, 0.25) is 0 Å². The Kier molecular flexibility index (Phi) is 2.99. The van der Waals surface area contributed by atoms with Crippen LogP contribution < -0.4 is 11.1 Å². The zero-order valence-corrected chi connectivity index (χ0v) is 9.87. The molecule has 1 aromatic carbocycles. The van der Waals surface area contributed by atoms with Gasteiger partial charge in [-0.3, -0.25) is 0 Å². The highest BCUT2D eigenvalue weighted by molar-refractivity contribution is 5.71. The zero-order chi connectivity index (χ0) is 12.4. The number of nitrogen functional groups attached to an aromatic ring is 1. The Labute approximate surface area is 99.2 Å². The minimum Gasteiger partial charge on any atom is -0.394 e. The second-order valence-electron chi connectivity index (χ2n) is 3.77. The van der Waals surface area contributed by atoms with E-state index in [1.165, 1.54) is 6.07 Å². The summed E-state index contributed by atoms with van der Waals surface area (Å²) in [5.74, 6) is 0.323. The highest BCUT2D eigenvalue weighted by Gasteiger charge is 2.12. The molecule has 0 radical (unpaired) electrons. The van der Waals surface area contributed by atoms with Gasteiger partial charge in [0.15, 0.2) is 5.82 Å². The van der Waals surface area contributed by atoms with E-state index in [1.807, 2.05) is 13.8 Å². The Hall–Kier alpha value is -2.04. The van der Waals surface area contributed by atoms with Crippen LogP contribution in [0.4, 0.5) is 21.6 Å². The molecule has 0 saturated heterocycles. The highest BCUT2D eigenvalue weighted by atomic mass is 19.1. The van der Waals surface area contributed by atoms with Gasteiger partial charge in [-0.1, -0.05) is 12.1 Å². The summed E-state index contributed by atoms with van der Waals surface area (Å²) in [6.07, 6.45) is 0. The third kappa shape index (κ3) is 2.08. The number of halogens is 1. The molecule has 0 amide bonds. The van der Waals surface area contributed by atoms with Crippen molar-refractivity contribution in [2.24, 2.45) is 0 Å². The van der Waals surface area contributed by atoms with Crippen LogP contribution in [0.5, 0.6) is 0 Å². The second kappa shape index (κ2) is 4.45. The SMILES string of the molecule is CCn1nc(C)c(N)c1Nc1ccccc1F. The molecule has 0 bridgehead atoms. The predicted octanol–water partition coefficient (Wildman–Crippen LogP) is 2.68. The van der Waals surface area contributed by atoms with Gasteiger partial charge in [-0.15, -0.1) is 0 Å². The number of aromatic nitrogens is 2. The maximum absolute atomic E-state index is 13.5. The fourth-order valence-corrected chi connectivity index (χ4v) is 1.65. The standard InChI is InChI=1S/C12H15FN4/c1-3-17-12(11(14)8(2)16-17)15-10-7-5-4-6-9(10)13/h4-7,15H,3,14H2,1-2H3. The number of nitrogens with two attached hydrogens (primary N) is 1. The van der Waals surface area contributed by atoms with Gasteiger partial charge in [-0.25, -0.2) is 9.07 Å². The van der Waals surface area contributed by atoms with E-state index in [0.29, 0.717) is 23.7 Å². The van der Waals surface area contributed by atoms with Gasteiger partial charge in [-0.05, 0) is 26.0 Å². The molecule has 0 saturated carbocycles. The van der Waals surface area contributed by atoms with Crippen molar-refractivity contribution in [1.29, 1.82) is 0 Å². The highest BCUT2D eigenvalue weighted by Crippen LogP contribution is 2.27. The number of benzene rings is 1. The van der Waals surface area contributed by atoms with E-state index < -0.39 is 0 Å². The zero-order valence-electron chi connectivity index (χ0n) is 9.87. The number of nitrogens with one attached hydrogen (secondary N) is 1. The first-order valence-electron chi connectivity index (χ1n) is 5.48. The van der Waals surface area contributed by atoms with Crippen molar-refractivity contribution in [3.8, 4) is 0 Å². The van der Waals surface area contributed by atoms with E-state index in [4.69, 9.17) is 5.73 Å². The first kappa shape index (κ1) is 11.4. The van der Waals surface area contributed by atoms with Crippen LogP contribution in [0.2, 0.25) is 0 Å². The summed E-state index contributed by atoms with van der Waals surface area (Å²) in [5, 5.41) is 7.24. The second-order valence-corrected chi connectivity index (χ2v) is 3.77. The van der Waals surface area contributed by atoms with Crippen molar-refractivity contribution in [3.05, 3.63) is 35.8 Å². The largest absolute Gasteiger partial charge is 0.394 e. The fourth-order valence-electron chi connectivity index (χ4n) is 1.65. The number of rotatable bonds is 3. The molecule has 1 heterocycles. The number of anilines is 3. The molecule has 1 aromatic heterocycles. The Balaban J connectivity index is 2.39. The number of nitrogens with zero attached hydrogens (tertiary/aromatic N) is 2. The van der Waals surface area contributed by atoms with Gasteiger partial charge in [0.1, 0.15) is 5.82 Å². The van der Waals surface area contributed by atoms with Crippen LogP contribution in [-0.2, 0) is 6.54 Å². The third-order valence-corrected chi connectivity index (χ3v) is 2.60. The van der Waals surface area contributed by atoms with Crippen LogP contribution in [0, 0.1) is 12.7 Å². The van der Waals surface area contributed by atoms with E-state index in [9.17, 15) is 4.39 Å². The summed E-state index contributed by atoms with van der Waals surface area (Å²) < 4.78 is 15.2. The van der Waals surface area contributed by atoms with Gasteiger partial charge in [0.25, 0.3) is 0 Å². The predicted molar refractivity (Wildman–Crippen MR) is 66.7 cm³/mol. The van der Waals surface area contributed by atoms with Gasteiger partial charge in [-0.2, -0.15) is 5.10 Å². The molecule has 3 N–H and O–H groups in total. The Morgan fingerprint density at radius 1 is 1.41 bits per heavy atom. The molecule has 0 aliphatic heterocycles. The molecule has 0 aliphatic carbocycles. The Bertz CT molecular complexity index is 533. The number of hydrogen-bond donors (Lipinski definition) is 2. The molecule has 90 valence electrons. The van der Waals surface area contributed by atoms with Crippen LogP contribution in [0.3, 0.4) is 0 Å². The monoisotopic (exact) mass is 234 g/mol. The first-order valence-corrected chi connectivity index (χ1v) is 5.48. The van der Waals surface area contributed by atoms with Crippen molar-refractivity contribution in [2.45, 2.75) is 20.4 Å². The number of aryl methyl sites for hydroxylation is 2. The summed E-state index contributed by atoms with van der Waals surface area (Å²) in [6, 6.07) is 6.47. The number of para-hydroxylation sites is 1. The third-order valence-electron chi connectivity index (χ3n) is 2.60. The first-order chi connectivity index (χ1) is 8.13. The summed E-state index contributed by atoms with van der Waals surface area (Å²) in [4.78, 5) is 0. The average molecular weight is 234 g/mol. The van der Waals surface area contributed by atoms with E-state index >= 15 is 0 Å². The lowest BCUT2D eigenvalue weighted by molar-refractivity contribution is 0.629. The van der Waals surface area contributed by atoms with E-state index in [0.717, 1.165) is 5.69 Å².